The summed E-state index contributed by atoms with van der Waals surface area (Å²) in [6.07, 6.45) is 6.65. The normalized spacial score (nSPS) is 32.1. The molecule has 1 aromatic rings. The van der Waals surface area contributed by atoms with Gasteiger partial charge in [0.05, 0.1) is 23.9 Å². The minimum Gasteiger partial charge on any atom is -0.330 e. The largest absolute Gasteiger partial charge is 0.330 e. The topological polar surface area (TPSA) is 52.7 Å². The average molecular weight is 363 g/mol. The Morgan fingerprint density at radius 1 is 1.15 bits per heavy atom. The Balaban J connectivity index is 1.53. The van der Waals surface area contributed by atoms with Crippen molar-refractivity contribution in [3.63, 3.8) is 0 Å². The van der Waals surface area contributed by atoms with Gasteiger partial charge in [-0.1, -0.05) is 42.8 Å². The molecular formula is C22H25N3O2. The molecule has 0 spiro atoms. The van der Waals surface area contributed by atoms with Crippen molar-refractivity contribution in [3.8, 4) is 0 Å². The molecule has 1 N–H and O–H groups in total. The van der Waals surface area contributed by atoms with E-state index in [9.17, 15) is 9.59 Å². The van der Waals surface area contributed by atoms with E-state index in [4.69, 9.17) is 0 Å². The fourth-order valence-corrected chi connectivity index (χ4v) is 5.59. The first-order valence-corrected chi connectivity index (χ1v) is 9.95. The highest BCUT2D eigenvalue weighted by Crippen LogP contribution is 2.49. The van der Waals surface area contributed by atoms with Crippen molar-refractivity contribution in [2.45, 2.75) is 37.8 Å². The minimum atomic E-state index is -0.370. The van der Waals surface area contributed by atoms with E-state index in [1.54, 1.807) is 11.0 Å². The molecule has 5 rings (SSSR count). The van der Waals surface area contributed by atoms with Crippen LogP contribution >= 0.6 is 0 Å². The first kappa shape index (κ1) is 16.6. The predicted octanol–water partition coefficient (Wildman–Crippen LogP) is 3.22. The predicted molar refractivity (Wildman–Crippen MR) is 103 cm³/mol. The SMILES string of the molecule is C=CCN1C(=O)NC(c2ccccc2)C2=C1CN(C1CC3CCC1C3)C2=O. The molecule has 2 fully saturated rings. The van der Waals surface area contributed by atoms with Crippen LogP contribution < -0.4 is 5.32 Å². The Labute approximate surface area is 159 Å². The van der Waals surface area contributed by atoms with Gasteiger partial charge < -0.3 is 10.2 Å². The molecule has 2 aliphatic carbocycles. The molecule has 0 aromatic heterocycles. The average Bonchev–Trinajstić information content (AvgIpc) is 3.39. The number of nitrogens with zero attached hydrogens (tertiary/aromatic N) is 2. The molecule has 5 nitrogen and oxygen atoms in total. The van der Waals surface area contributed by atoms with Gasteiger partial charge in [0.15, 0.2) is 0 Å². The summed E-state index contributed by atoms with van der Waals surface area (Å²) >= 11 is 0. The van der Waals surface area contributed by atoms with Crippen molar-refractivity contribution in [2.75, 3.05) is 13.1 Å². The maximum atomic E-state index is 13.5. The molecule has 1 aromatic carbocycles. The number of fused-ring (bicyclic) bond motifs is 2. The molecule has 0 radical (unpaired) electrons. The lowest BCUT2D eigenvalue weighted by Crippen LogP contribution is -2.47. The first-order chi connectivity index (χ1) is 13.2. The zero-order chi connectivity index (χ0) is 18.5. The molecule has 2 aliphatic heterocycles. The van der Waals surface area contributed by atoms with Crippen LogP contribution in [0, 0.1) is 11.8 Å². The van der Waals surface area contributed by atoms with Crippen molar-refractivity contribution in [1.82, 2.24) is 15.1 Å². The van der Waals surface area contributed by atoms with Gasteiger partial charge in [-0.05, 0) is 36.7 Å². The lowest BCUT2D eigenvalue weighted by Gasteiger charge is -2.33. The maximum absolute atomic E-state index is 13.5. The highest BCUT2D eigenvalue weighted by Gasteiger charge is 2.50. The number of carbonyl (C=O) groups is 2. The van der Waals surface area contributed by atoms with Crippen molar-refractivity contribution in [3.05, 3.63) is 59.8 Å². The zero-order valence-corrected chi connectivity index (χ0v) is 15.4. The number of urea groups is 1. The van der Waals surface area contributed by atoms with Gasteiger partial charge >= 0.3 is 6.03 Å². The highest BCUT2D eigenvalue weighted by molar-refractivity contribution is 6.01. The van der Waals surface area contributed by atoms with Crippen LogP contribution in [-0.4, -0.2) is 40.9 Å². The summed E-state index contributed by atoms with van der Waals surface area (Å²) in [6.45, 7) is 4.75. The molecule has 2 heterocycles. The lowest BCUT2D eigenvalue weighted by atomic mass is 9.93. The van der Waals surface area contributed by atoms with Crippen LogP contribution in [0.2, 0.25) is 0 Å². The molecule has 0 saturated heterocycles. The van der Waals surface area contributed by atoms with Gasteiger partial charge in [-0.3, -0.25) is 9.69 Å². The second-order valence-electron chi connectivity index (χ2n) is 8.23. The number of carbonyl (C=O) groups excluding carboxylic acids is 2. The fraction of sp³-hybridized carbons (Fsp3) is 0.455. The van der Waals surface area contributed by atoms with Gasteiger partial charge in [0.1, 0.15) is 0 Å². The van der Waals surface area contributed by atoms with E-state index in [0.29, 0.717) is 25.0 Å². The molecule has 140 valence electrons. The second-order valence-corrected chi connectivity index (χ2v) is 8.23. The van der Waals surface area contributed by atoms with Crippen molar-refractivity contribution >= 4 is 11.9 Å². The summed E-state index contributed by atoms with van der Waals surface area (Å²) in [5, 5.41) is 3.05. The van der Waals surface area contributed by atoms with Crippen molar-refractivity contribution in [2.24, 2.45) is 11.8 Å². The number of nitrogens with one attached hydrogen (secondary N) is 1. The number of rotatable bonds is 4. The van der Waals surface area contributed by atoms with Crippen LogP contribution in [0.4, 0.5) is 4.79 Å². The van der Waals surface area contributed by atoms with E-state index >= 15 is 0 Å². The summed E-state index contributed by atoms with van der Waals surface area (Å²) in [5.41, 5.74) is 2.56. The van der Waals surface area contributed by atoms with Crippen molar-refractivity contribution < 1.29 is 9.59 Å². The third-order valence-corrected chi connectivity index (χ3v) is 6.80. The summed E-state index contributed by atoms with van der Waals surface area (Å²) in [4.78, 5) is 30.0. The molecule has 2 bridgehead atoms. The number of benzene rings is 1. The van der Waals surface area contributed by atoms with Crippen molar-refractivity contribution in [1.29, 1.82) is 0 Å². The first-order valence-electron chi connectivity index (χ1n) is 9.95. The van der Waals surface area contributed by atoms with E-state index in [2.05, 4.69) is 16.8 Å². The molecule has 27 heavy (non-hydrogen) atoms. The van der Waals surface area contributed by atoms with Crippen LogP contribution in [0.25, 0.3) is 0 Å². The highest BCUT2D eigenvalue weighted by atomic mass is 16.2. The molecule has 4 unspecified atom stereocenters. The number of hydrogen-bond acceptors (Lipinski definition) is 2. The van der Waals surface area contributed by atoms with Crippen LogP contribution in [0.3, 0.4) is 0 Å². The Hall–Kier alpha value is -2.56. The van der Waals surface area contributed by atoms with E-state index in [-0.39, 0.29) is 18.0 Å². The van der Waals surface area contributed by atoms with Crippen LogP contribution in [0.1, 0.15) is 37.3 Å². The molecule has 2 saturated carbocycles. The minimum absolute atomic E-state index is 0.102. The number of amides is 3. The van der Waals surface area contributed by atoms with Gasteiger partial charge in [0, 0.05) is 12.6 Å². The monoisotopic (exact) mass is 363 g/mol. The van der Waals surface area contributed by atoms with E-state index < -0.39 is 0 Å². The zero-order valence-electron chi connectivity index (χ0n) is 15.4. The molecule has 3 amide bonds. The summed E-state index contributed by atoms with van der Waals surface area (Å²) in [7, 11) is 0. The van der Waals surface area contributed by atoms with Gasteiger partial charge in [0.2, 0.25) is 0 Å². The molecule has 5 heteroatoms. The molecular weight excluding hydrogens is 338 g/mol. The lowest BCUT2D eigenvalue weighted by molar-refractivity contribution is -0.128. The summed E-state index contributed by atoms with van der Waals surface area (Å²) in [6, 6.07) is 9.62. The van der Waals surface area contributed by atoms with Crippen LogP contribution in [0.5, 0.6) is 0 Å². The summed E-state index contributed by atoms with van der Waals surface area (Å²) in [5.74, 6) is 1.51. The molecule has 4 aliphatic rings. The smallest absolute Gasteiger partial charge is 0.322 e. The second kappa shape index (κ2) is 6.25. The fourth-order valence-electron chi connectivity index (χ4n) is 5.59. The van der Waals surface area contributed by atoms with E-state index in [1.165, 1.54) is 19.3 Å². The van der Waals surface area contributed by atoms with Crippen LogP contribution in [-0.2, 0) is 4.79 Å². The third-order valence-electron chi connectivity index (χ3n) is 6.80. The third kappa shape index (κ3) is 2.52. The molecule has 4 atom stereocenters. The Kier molecular flexibility index (Phi) is 3.85. The van der Waals surface area contributed by atoms with Gasteiger partial charge in [-0.2, -0.15) is 0 Å². The summed E-state index contributed by atoms with van der Waals surface area (Å²) < 4.78 is 0. The van der Waals surface area contributed by atoms with Gasteiger partial charge in [-0.15, -0.1) is 6.58 Å². The van der Waals surface area contributed by atoms with E-state index in [1.807, 2.05) is 30.3 Å². The number of hydrogen-bond donors (Lipinski definition) is 1. The standard InChI is InChI=1S/C22H25N3O2/c1-2-10-24-18-13-25(17-12-14-8-9-16(17)11-14)21(26)19(18)20(23-22(24)27)15-6-4-3-5-7-15/h2-7,14,16-17,20H,1,8-13H2,(H,23,27). The van der Waals surface area contributed by atoms with Gasteiger partial charge in [0.25, 0.3) is 5.91 Å². The van der Waals surface area contributed by atoms with E-state index in [0.717, 1.165) is 29.2 Å². The maximum Gasteiger partial charge on any atom is 0.322 e. The quantitative estimate of drug-likeness (QED) is 0.835. The Morgan fingerprint density at radius 2 is 1.96 bits per heavy atom. The van der Waals surface area contributed by atoms with Gasteiger partial charge in [-0.25, -0.2) is 4.79 Å². The van der Waals surface area contributed by atoms with Crippen LogP contribution in [0.15, 0.2) is 54.3 Å². The Bertz CT molecular complexity index is 831. The Morgan fingerprint density at radius 3 is 2.63 bits per heavy atom.